The predicted octanol–water partition coefficient (Wildman–Crippen LogP) is 3.22. The van der Waals surface area contributed by atoms with E-state index >= 15 is 0 Å². The van der Waals surface area contributed by atoms with Crippen LogP contribution in [0.3, 0.4) is 0 Å². The zero-order chi connectivity index (χ0) is 14.1. The van der Waals surface area contributed by atoms with Crippen molar-refractivity contribution in [1.82, 2.24) is 19.5 Å². The van der Waals surface area contributed by atoms with Crippen molar-refractivity contribution in [3.8, 4) is 0 Å². The lowest BCUT2D eigenvalue weighted by atomic mass is 10.2. The minimum Gasteiger partial charge on any atom is -0.371 e. The second-order valence-corrected chi connectivity index (χ2v) is 5.04. The molecule has 0 amide bonds. The Morgan fingerprint density at radius 3 is 2.85 bits per heavy atom. The van der Waals surface area contributed by atoms with Gasteiger partial charge in [0, 0.05) is 12.1 Å². The summed E-state index contributed by atoms with van der Waals surface area (Å²) in [5, 5.41) is 3.86. The molecule has 0 bridgehead atoms. The van der Waals surface area contributed by atoms with E-state index in [-0.39, 0.29) is 5.28 Å². The molecule has 1 N–H and O–H groups in total. The van der Waals surface area contributed by atoms with Crippen LogP contribution in [0.2, 0.25) is 10.3 Å². The molecule has 0 saturated heterocycles. The molecule has 0 atom stereocenters. The molecule has 0 unspecified atom stereocenters. The molecule has 0 fully saturated rings. The van der Waals surface area contributed by atoms with Gasteiger partial charge in [-0.05, 0) is 29.3 Å². The minimum atomic E-state index is 0.190. The fourth-order valence-electron chi connectivity index (χ4n) is 2.04. The second kappa shape index (κ2) is 5.26. The topological polar surface area (TPSA) is 55.6 Å². The number of anilines is 1. The number of halogens is 2. The van der Waals surface area contributed by atoms with Gasteiger partial charge in [0.15, 0.2) is 17.0 Å². The maximum atomic E-state index is 5.99. The van der Waals surface area contributed by atoms with Crippen molar-refractivity contribution < 1.29 is 0 Å². The number of hydrogen-bond acceptors (Lipinski definition) is 4. The average Bonchev–Trinajstić information content (AvgIpc) is 2.81. The van der Waals surface area contributed by atoms with Gasteiger partial charge in [-0.15, -0.1) is 0 Å². The number of hydrogen-bond donors (Lipinski definition) is 1. The Hall–Kier alpha value is -1.85. The standard InChI is InChI=1S/C13H11Cl2N5/c1-16-11-10-12(19-13(15)18-11)20(7-17-10)6-8-3-2-4-9(14)5-8/h2-5,7H,6H2,1H3,(H,16,18,19). The lowest BCUT2D eigenvalue weighted by molar-refractivity contribution is 0.813. The highest BCUT2D eigenvalue weighted by Crippen LogP contribution is 2.21. The van der Waals surface area contributed by atoms with Gasteiger partial charge < -0.3 is 9.88 Å². The Labute approximate surface area is 125 Å². The lowest BCUT2D eigenvalue weighted by Crippen LogP contribution is -2.01. The van der Waals surface area contributed by atoms with Gasteiger partial charge in [-0.3, -0.25) is 0 Å². The summed E-state index contributed by atoms with van der Waals surface area (Å²) in [6.45, 7) is 0.619. The van der Waals surface area contributed by atoms with Crippen LogP contribution in [0.25, 0.3) is 11.2 Å². The van der Waals surface area contributed by atoms with Crippen LogP contribution >= 0.6 is 23.2 Å². The Balaban J connectivity index is 2.06. The van der Waals surface area contributed by atoms with Gasteiger partial charge in [-0.2, -0.15) is 9.97 Å². The predicted molar refractivity (Wildman–Crippen MR) is 80.4 cm³/mol. The monoisotopic (exact) mass is 307 g/mol. The number of aromatic nitrogens is 4. The summed E-state index contributed by atoms with van der Waals surface area (Å²) in [6, 6.07) is 7.67. The molecule has 102 valence electrons. The summed E-state index contributed by atoms with van der Waals surface area (Å²) in [7, 11) is 1.77. The first-order valence-corrected chi connectivity index (χ1v) is 6.73. The maximum Gasteiger partial charge on any atom is 0.226 e. The van der Waals surface area contributed by atoms with Crippen LogP contribution in [0.1, 0.15) is 5.56 Å². The van der Waals surface area contributed by atoms with Crippen molar-refractivity contribution in [2.45, 2.75) is 6.54 Å². The van der Waals surface area contributed by atoms with Crippen LogP contribution in [-0.2, 0) is 6.54 Å². The molecular weight excluding hydrogens is 297 g/mol. The first kappa shape index (κ1) is 13.1. The van der Waals surface area contributed by atoms with Crippen molar-refractivity contribution in [1.29, 1.82) is 0 Å². The number of fused-ring (bicyclic) bond motifs is 1. The van der Waals surface area contributed by atoms with Crippen molar-refractivity contribution in [2.75, 3.05) is 12.4 Å². The van der Waals surface area contributed by atoms with E-state index in [1.807, 2.05) is 28.8 Å². The molecule has 0 aliphatic heterocycles. The average molecular weight is 308 g/mol. The number of imidazole rings is 1. The van der Waals surface area contributed by atoms with Gasteiger partial charge in [-0.25, -0.2) is 4.98 Å². The fourth-order valence-corrected chi connectivity index (χ4v) is 2.42. The maximum absolute atomic E-state index is 5.99. The van der Waals surface area contributed by atoms with Crippen LogP contribution in [0.15, 0.2) is 30.6 Å². The van der Waals surface area contributed by atoms with Gasteiger partial charge in [0.05, 0.1) is 12.9 Å². The SMILES string of the molecule is CNc1nc(Cl)nc2c1ncn2Cc1cccc(Cl)c1. The van der Waals surface area contributed by atoms with E-state index in [0.717, 1.165) is 5.56 Å². The summed E-state index contributed by atoms with van der Waals surface area (Å²) in [5.41, 5.74) is 2.45. The van der Waals surface area contributed by atoms with E-state index in [4.69, 9.17) is 23.2 Å². The van der Waals surface area contributed by atoms with Crippen LogP contribution in [0.5, 0.6) is 0 Å². The molecule has 5 nitrogen and oxygen atoms in total. The zero-order valence-corrected chi connectivity index (χ0v) is 12.2. The highest BCUT2D eigenvalue weighted by Gasteiger charge is 2.11. The molecule has 2 heterocycles. The number of nitrogens with zero attached hydrogens (tertiary/aromatic N) is 4. The van der Waals surface area contributed by atoms with E-state index in [9.17, 15) is 0 Å². The first-order chi connectivity index (χ1) is 9.67. The molecule has 0 saturated carbocycles. The molecule has 1 aromatic carbocycles. The third-order valence-electron chi connectivity index (χ3n) is 2.92. The van der Waals surface area contributed by atoms with Gasteiger partial charge in [-0.1, -0.05) is 23.7 Å². The van der Waals surface area contributed by atoms with Crippen LogP contribution in [0.4, 0.5) is 5.82 Å². The van der Waals surface area contributed by atoms with Crippen LogP contribution in [-0.4, -0.2) is 26.6 Å². The Kier molecular flexibility index (Phi) is 3.46. The van der Waals surface area contributed by atoms with Gasteiger partial charge in [0.2, 0.25) is 5.28 Å². The third-order valence-corrected chi connectivity index (χ3v) is 3.32. The highest BCUT2D eigenvalue weighted by atomic mass is 35.5. The highest BCUT2D eigenvalue weighted by molar-refractivity contribution is 6.30. The van der Waals surface area contributed by atoms with Gasteiger partial charge >= 0.3 is 0 Å². The normalized spacial score (nSPS) is 10.9. The third kappa shape index (κ3) is 2.42. The summed E-state index contributed by atoms with van der Waals surface area (Å²) >= 11 is 11.9. The summed E-state index contributed by atoms with van der Waals surface area (Å²) < 4.78 is 1.91. The zero-order valence-electron chi connectivity index (χ0n) is 10.6. The second-order valence-electron chi connectivity index (χ2n) is 4.27. The molecule has 0 aliphatic rings. The molecule has 3 rings (SSSR count). The molecular formula is C13H11Cl2N5. The Morgan fingerprint density at radius 1 is 1.25 bits per heavy atom. The summed E-state index contributed by atoms with van der Waals surface area (Å²) in [5.74, 6) is 0.616. The van der Waals surface area contributed by atoms with Crippen LogP contribution < -0.4 is 5.32 Å². The Morgan fingerprint density at radius 2 is 2.10 bits per heavy atom. The molecule has 0 radical (unpaired) electrons. The van der Waals surface area contributed by atoms with Crippen molar-refractivity contribution in [2.24, 2.45) is 0 Å². The van der Waals surface area contributed by atoms with E-state index in [0.29, 0.717) is 28.5 Å². The number of nitrogens with one attached hydrogen (secondary N) is 1. The lowest BCUT2D eigenvalue weighted by Gasteiger charge is -2.05. The molecule has 0 aliphatic carbocycles. The van der Waals surface area contributed by atoms with Gasteiger partial charge in [0.1, 0.15) is 0 Å². The quantitative estimate of drug-likeness (QED) is 0.755. The first-order valence-electron chi connectivity index (χ1n) is 5.98. The molecule has 7 heteroatoms. The number of rotatable bonds is 3. The van der Waals surface area contributed by atoms with Gasteiger partial charge in [0.25, 0.3) is 0 Å². The van der Waals surface area contributed by atoms with E-state index < -0.39 is 0 Å². The number of benzene rings is 1. The fraction of sp³-hybridized carbons (Fsp3) is 0.154. The van der Waals surface area contributed by atoms with E-state index in [2.05, 4.69) is 20.3 Å². The smallest absolute Gasteiger partial charge is 0.226 e. The molecule has 0 spiro atoms. The summed E-state index contributed by atoms with van der Waals surface area (Å²) in [6.07, 6.45) is 1.72. The summed E-state index contributed by atoms with van der Waals surface area (Å²) in [4.78, 5) is 12.7. The van der Waals surface area contributed by atoms with E-state index in [1.54, 1.807) is 13.4 Å². The van der Waals surface area contributed by atoms with Crippen molar-refractivity contribution >= 4 is 40.2 Å². The Bertz CT molecular complexity index is 769. The van der Waals surface area contributed by atoms with E-state index in [1.165, 1.54) is 0 Å². The molecule has 3 aromatic rings. The molecule has 2 aromatic heterocycles. The van der Waals surface area contributed by atoms with Crippen molar-refractivity contribution in [3.63, 3.8) is 0 Å². The largest absolute Gasteiger partial charge is 0.371 e. The van der Waals surface area contributed by atoms with Crippen molar-refractivity contribution in [3.05, 3.63) is 46.5 Å². The minimum absolute atomic E-state index is 0.190. The van der Waals surface area contributed by atoms with Crippen LogP contribution in [0, 0.1) is 0 Å². The molecule has 20 heavy (non-hydrogen) atoms.